The molecule has 0 amide bonds. The molecule has 2 heterocycles. The van der Waals surface area contributed by atoms with Gasteiger partial charge in [0.15, 0.2) is 0 Å². The highest BCUT2D eigenvalue weighted by Crippen LogP contribution is 2.65. The molecule has 6 heteroatoms. The van der Waals surface area contributed by atoms with Crippen molar-refractivity contribution in [3.05, 3.63) is 76.0 Å². The molecule has 3 atom stereocenters. The first-order chi connectivity index (χ1) is 15.9. The van der Waals surface area contributed by atoms with Crippen molar-refractivity contribution in [1.82, 2.24) is 10.2 Å². The molecular weight excluding hydrogens is 422 g/mol. The first-order valence-electron chi connectivity index (χ1n) is 12.0. The molecule has 0 saturated heterocycles. The number of nitrogens with zero attached hydrogens (tertiary/aromatic N) is 1. The van der Waals surface area contributed by atoms with Crippen molar-refractivity contribution in [2.75, 3.05) is 0 Å². The van der Waals surface area contributed by atoms with Gasteiger partial charge in [0, 0.05) is 28.9 Å². The third-order valence-electron chi connectivity index (χ3n) is 8.37. The summed E-state index contributed by atoms with van der Waals surface area (Å²) in [4.78, 5) is 13.3. The van der Waals surface area contributed by atoms with Crippen molar-refractivity contribution < 1.29 is 18.7 Å². The molecule has 0 aromatic heterocycles. The van der Waals surface area contributed by atoms with E-state index in [4.69, 9.17) is 5.11 Å². The van der Waals surface area contributed by atoms with Gasteiger partial charge in [-0.05, 0) is 79.4 Å². The van der Waals surface area contributed by atoms with Gasteiger partial charge in [0.05, 0.1) is 12.1 Å². The number of carbonyl (C=O) groups is 1. The highest BCUT2D eigenvalue weighted by Gasteiger charge is 2.64. The first-order valence-corrected chi connectivity index (χ1v) is 12.0. The fourth-order valence-electron chi connectivity index (χ4n) is 6.83. The number of halogens is 2. The number of hydrogen-bond acceptors (Lipinski definition) is 3. The molecule has 2 N–H and O–H groups in total. The van der Waals surface area contributed by atoms with Gasteiger partial charge in [-0.1, -0.05) is 25.2 Å². The van der Waals surface area contributed by atoms with Gasteiger partial charge in [0.25, 0.3) is 0 Å². The van der Waals surface area contributed by atoms with Crippen LogP contribution in [0, 0.1) is 17.6 Å². The Kier molecular flexibility index (Phi) is 4.67. The molecular formula is C27H28F2N2O2. The molecule has 2 bridgehead atoms. The summed E-state index contributed by atoms with van der Waals surface area (Å²) in [5.74, 6) is -1.63. The maximum absolute atomic E-state index is 15.6. The van der Waals surface area contributed by atoms with Crippen LogP contribution in [0.3, 0.4) is 0 Å². The van der Waals surface area contributed by atoms with Crippen LogP contribution >= 0.6 is 0 Å². The average molecular weight is 451 g/mol. The van der Waals surface area contributed by atoms with Gasteiger partial charge >= 0.3 is 5.97 Å². The number of carboxylic acid groups (broad SMARTS) is 1. The fourth-order valence-corrected chi connectivity index (χ4v) is 6.83. The van der Waals surface area contributed by atoms with Gasteiger partial charge in [-0.25, -0.2) is 13.6 Å². The van der Waals surface area contributed by atoms with Crippen molar-refractivity contribution in [2.24, 2.45) is 5.92 Å². The predicted molar refractivity (Wildman–Crippen MR) is 122 cm³/mol. The lowest BCUT2D eigenvalue weighted by Gasteiger charge is -2.70. The number of nitrogens with one attached hydrogen (secondary N) is 1. The second-order valence-corrected chi connectivity index (χ2v) is 10.2. The SMILES string of the molecule is CCC1CC2=C(NC3CC=CC=C23)C(c2c(F)cc(/C=C/C(=O)O)cc2F)N1C12CC(C1)C2. The van der Waals surface area contributed by atoms with Gasteiger partial charge in [-0.15, -0.1) is 0 Å². The number of rotatable bonds is 5. The van der Waals surface area contributed by atoms with E-state index in [1.807, 2.05) is 0 Å². The number of aliphatic carboxylic acids is 1. The summed E-state index contributed by atoms with van der Waals surface area (Å²) in [5, 5.41) is 12.5. The molecule has 7 rings (SSSR count). The molecule has 172 valence electrons. The number of benzene rings is 1. The van der Waals surface area contributed by atoms with Crippen molar-refractivity contribution >= 4 is 12.0 Å². The Balaban J connectivity index is 1.50. The van der Waals surface area contributed by atoms with Crippen LogP contribution in [0.1, 0.15) is 62.6 Å². The minimum Gasteiger partial charge on any atom is -0.478 e. The quantitative estimate of drug-likeness (QED) is 0.602. The van der Waals surface area contributed by atoms with Crippen molar-refractivity contribution in [3.8, 4) is 0 Å². The smallest absolute Gasteiger partial charge is 0.328 e. The van der Waals surface area contributed by atoms with Crippen LogP contribution in [0.15, 0.2) is 53.3 Å². The van der Waals surface area contributed by atoms with Crippen LogP contribution in [0.25, 0.3) is 6.08 Å². The molecule has 1 aromatic carbocycles. The monoisotopic (exact) mass is 450 g/mol. The van der Waals surface area contributed by atoms with Crippen molar-refractivity contribution in [1.29, 1.82) is 0 Å². The molecule has 0 spiro atoms. The lowest BCUT2D eigenvalue weighted by Crippen LogP contribution is -2.71. The molecule has 33 heavy (non-hydrogen) atoms. The standard InChI is InChI=1S/C27H28F2N2O2/c1-2-17-11-19-18-5-3-4-6-22(18)30-25(19)26(31(17)27-12-16(13-27)14-27)24-20(28)9-15(10-21(24)29)7-8-23(32)33/h3-5,7-10,16-17,22,26,30H,2,6,11-14H2,1H3,(H,32,33)/b8-7+. The van der Waals surface area contributed by atoms with E-state index in [0.29, 0.717) is 0 Å². The van der Waals surface area contributed by atoms with Crippen LogP contribution in [-0.4, -0.2) is 33.6 Å². The van der Waals surface area contributed by atoms with E-state index in [2.05, 4.69) is 35.4 Å². The van der Waals surface area contributed by atoms with E-state index in [1.54, 1.807) is 0 Å². The number of allylic oxidation sites excluding steroid dienone is 2. The van der Waals surface area contributed by atoms with Crippen LogP contribution in [0.4, 0.5) is 8.78 Å². The molecule has 4 nitrogen and oxygen atoms in total. The number of hydrogen-bond donors (Lipinski definition) is 2. The minimum absolute atomic E-state index is 0.0391. The third kappa shape index (κ3) is 3.07. The number of carboxylic acids is 1. The maximum Gasteiger partial charge on any atom is 0.328 e. The van der Waals surface area contributed by atoms with Crippen molar-refractivity contribution in [3.63, 3.8) is 0 Å². The highest BCUT2D eigenvalue weighted by atomic mass is 19.1. The Morgan fingerprint density at radius 3 is 2.61 bits per heavy atom. The first kappa shape index (κ1) is 20.8. The van der Waals surface area contributed by atoms with Gasteiger partial charge in [0.2, 0.25) is 0 Å². The van der Waals surface area contributed by atoms with Crippen LogP contribution < -0.4 is 5.32 Å². The van der Waals surface area contributed by atoms with E-state index in [1.165, 1.54) is 29.4 Å². The second kappa shape index (κ2) is 7.39. The van der Waals surface area contributed by atoms with Gasteiger partial charge < -0.3 is 10.4 Å². The Bertz CT molecular complexity index is 1120. The minimum atomic E-state index is -1.15. The summed E-state index contributed by atoms with van der Waals surface area (Å²) in [7, 11) is 0. The summed E-state index contributed by atoms with van der Waals surface area (Å²) < 4.78 is 31.3. The molecule has 4 aliphatic carbocycles. The molecule has 3 saturated carbocycles. The fraction of sp³-hybridized carbons (Fsp3) is 0.444. The Labute approximate surface area is 192 Å². The van der Waals surface area contributed by atoms with E-state index in [0.717, 1.165) is 56.2 Å². The van der Waals surface area contributed by atoms with Crippen LogP contribution in [0.5, 0.6) is 0 Å². The van der Waals surface area contributed by atoms with Gasteiger partial charge in [-0.2, -0.15) is 0 Å². The highest BCUT2D eigenvalue weighted by molar-refractivity contribution is 5.85. The zero-order valence-electron chi connectivity index (χ0n) is 18.7. The van der Waals surface area contributed by atoms with E-state index >= 15 is 8.78 Å². The molecule has 6 aliphatic rings. The van der Waals surface area contributed by atoms with E-state index in [9.17, 15) is 4.79 Å². The average Bonchev–Trinajstić information content (AvgIpc) is 3.08. The summed E-state index contributed by atoms with van der Waals surface area (Å²) in [6, 6.07) is 2.42. The normalized spacial score (nSPS) is 34.3. The summed E-state index contributed by atoms with van der Waals surface area (Å²) >= 11 is 0. The van der Waals surface area contributed by atoms with E-state index < -0.39 is 23.6 Å². The Morgan fingerprint density at radius 1 is 1.27 bits per heavy atom. The second-order valence-electron chi connectivity index (χ2n) is 10.2. The zero-order chi connectivity index (χ0) is 22.9. The molecule has 2 aliphatic heterocycles. The largest absolute Gasteiger partial charge is 0.478 e. The summed E-state index contributed by atoms with van der Waals surface area (Å²) in [6.07, 6.45) is 14.5. The lowest BCUT2D eigenvalue weighted by molar-refractivity contribution is -0.178. The Hall–Kier alpha value is -2.73. The zero-order valence-corrected chi connectivity index (χ0v) is 18.7. The van der Waals surface area contributed by atoms with E-state index in [-0.39, 0.29) is 28.7 Å². The summed E-state index contributed by atoms with van der Waals surface area (Å²) in [6.45, 7) is 2.17. The lowest BCUT2D eigenvalue weighted by atomic mass is 9.48. The summed E-state index contributed by atoms with van der Waals surface area (Å²) in [5.41, 5.74) is 3.77. The van der Waals surface area contributed by atoms with Crippen molar-refractivity contribution in [2.45, 2.75) is 69.1 Å². The van der Waals surface area contributed by atoms with Crippen LogP contribution in [0.2, 0.25) is 0 Å². The topological polar surface area (TPSA) is 52.6 Å². The third-order valence-corrected chi connectivity index (χ3v) is 8.37. The predicted octanol–water partition coefficient (Wildman–Crippen LogP) is 5.25. The Morgan fingerprint density at radius 2 is 2.00 bits per heavy atom. The van der Waals surface area contributed by atoms with Gasteiger partial charge in [0.1, 0.15) is 11.6 Å². The molecule has 1 aromatic rings. The molecule has 3 fully saturated rings. The molecule has 3 unspecified atom stereocenters. The number of fused-ring (bicyclic) bond motifs is 2. The van der Waals surface area contributed by atoms with Crippen LogP contribution in [-0.2, 0) is 4.79 Å². The maximum atomic E-state index is 15.6. The molecule has 0 radical (unpaired) electrons. The van der Waals surface area contributed by atoms with Gasteiger partial charge in [-0.3, -0.25) is 4.90 Å².